The van der Waals surface area contributed by atoms with E-state index in [9.17, 15) is 5.11 Å². The Balaban J connectivity index is 1.44. The zero-order valence-corrected chi connectivity index (χ0v) is 15.4. The van der Waals surface area contributed by atoms with Crippen molar-refractivity contribution in [2.24, 2.45) is 0 Å². The van der Waals surface area contributed by atoms with Crippen LogP contribution in [0.25, 0.3) is 11.6 Å². The summed E-state index contributed by atoms with van der Waals surface area (Å²) in [6, 6.07) is 28.0. The third kappa shape index (κ3) is 2.93. The minimum Gasteiger partial charge on any atom is -0.392 e. The van der Waals surface area contributed by atoms with E-state index < -0.39 is 0 Å². The van der Waals surface area contributed by atoms with Crippen LogP contribution in [0.2, 0.25) is 0 Å². The standard InChI is InChI=1S/C26H24O/c27-26-17-20-11-5-7-13-22(20)24(26)15-14-23-21-12-6-4-10-19(21)16-25(23)18-8-2-1-3-9-18/h1-13,16,23-24,26-27H,14-15,17H2. The highest BCUT2D eigenvalue weighted by Gasteiger charge is 2.33. The van der Waals surface area contributed by atoms with E-state index in [-0.39, 0.29) is 12.0 Å². The van der Waals surface area contributed by atoms with Gasteiger partial charge in [0.1, 0.15) is 0 Å². The van der Waals surface area contributed by atoms with Gasteiger partial charge in [0, 0.05) is 11.8 Å². The number of benzene rings is 3. The van der Waals surface area contributed by atoms with Crippen molar-refractivity contribution in [1.29, 1.82) is 0 Å². The fourth-order valence-corrected chi connectivity index (χ4v) is 4.97. The van der Waals surface area contributed by atoms with Crippen molar-refractivity contribution in [2.45, 2.75) is 37.2 Å². The van der Waals surface area contributed by atoms with Crippen molar-refractivity contribution >= 4 is 11.6 Å². The van der Waals surface area contributed by atoms with Crippen LogP contribution in [-0.2, 0) is 6.42 Å². The Hall–Kier alpha value is -2.64. The van der Waals surface area contributed by atoms with Crippen LogP contribution in [0.1, 0.15) is 52.5 Å². The van der Waals surface area contributed by atoms with E-state index in [1.807, 2.05) is 0 Å². The van der Waals surface area contributed by atoms with E-state index in [4.69, 9.17) is 0 Å². The predicted molar refractivity (Wildman–Crippen MR) is 112 cm³/mol. The molecule has 3 unspecified atom stereocenters. The fourth-order valence-electron chi connectivity index (χ4n) is 4.97. The summed E-state index contributed by atoms with van der Waals surface area (Å²) in [6.07, 6.45) is 4.98. The Morgan fingerprint density at radius 3 is 2.30 bits per heavy atom. The van der Waals surface area contributed by atoms with Crippen molar-refractivity contribution in [2.75, 3.05) is 0 Å². The van der Waals surface area contributed by atoms with Crippen LogP contribution in [0.4, 0.5) is 0 Å². The number of hydrogen-bond acceptors (Lipinski definition) is 1. The van der Waals surface area contributed by atoms with E-state index in [2.05, 4.69) is 84.9 Å². The summed E-state index contributed by atoms with van der Waals surface area (Å²) in [5, 5.41) is 10.6. The maximum Gasteiger partial charge on any atom is 0.0649 e. The largest absolute Gasteiger partial charge is 0.392 e. The second kappa shape index (κ2) is 6.83. The molecule has 1 nitrogen and oxygen atoms in total. The van der Waals surface area contributed by atoms with Gasteiger partial charge < -0.3 is 5.11 Å². The average Bonchev–Trinajstić information content (AvgIpc) is 3.24. The summed E-state index contributed by atoms with van der Waals surface area (Å²) in [5.41, 5.74) is 8.16. The van der Waals surface area contributed by atoms with Crippen molar-refractivity contribution in [3.8, 4) is 0 Å². The molecule has 0 amide bonds. The highest BCUT2D eigenvalue weighted by atomic mass is 16.3. The Morgan fingerprint density at radius 1 is 0.741 bits per heavy atom. The summed E-state index contributed by atoms with van der Waals surface area (Å²) in [4.78, 5) is 0. The summed E-state index contributed by atoms with van der Waals surface area (Å²) < 4.78 is 0. The summed E-state index contributed by atoms with van der Waals surface area (Å²) >= 11 is 0. The lowest BCUT2D eigenvalue weighted by molar-refractivity contribution is 0.151. The van der Waals surface area contributed by atoms with Crippen LogP contribution in [0.15, 0.2) is 78.9 Å². The fraction of sp³-hybridized carbons (Fsp3) is 0.231. The van der Waals surface area contributed by atoms with E-state index >= 15 is 0 Å². The maximum atomic E-state index is 10.6. The number of hydrogen-bond donors (Lipinski definition) is 1. The van der Waals surface area contributed by atoms with Gasteiger partial charge >= 0.3 is 0 Å². The van der Waals surface area contributed by atoms with Crippen LogP contribution >= 0.6 is 0 Å². The van der Waals surface area contributed by atoms with Crippen LogP contribution in [0, 0.1) is 0 Å². The lowest BCUT2D eigenvalue weighted by Gasteiger charge is -2.22. The lowest BCUT2D eigenvalue weighted by Crippen LogP contribution is -2.14. The zero-order chi connectivity index (χ0) is 18.2. The molecule has 1 N–H and O–H groups in total. The molecular formula is C26H24O. The second-order valence-corrected chi connectivity index (χ2v) is 7.80. The Bertz CT molecular complexity index is 986. The molecule has 0 aromatic heterocycles. The highest BCUT2D eigenvalue weighted by Crippen LogP contribution is 2.47. The molecule has 2 aliphatic carbocycles. The van der Waals surface area contributed by atoms with Gasteiger partial charge in [-0.3, -0.25) is 0 Å². The van der Waals surface area contributed by atoms with E-state index in [1.165, 1.54) is 33.4 Å². The maximum absolute atomic E-state index is 10.6. The molecule has 0 radical (unpaired) electrons. The SMILES string of the molecule is OC1Cc2ccccc2C1CCC1C(c2ccccc2)=Cc2ccccc21. The molecule has 0 saturated heterocycles. The zero-order valence-electron chi connectivity index (χ0n) is 15.4. The van der Waals surface area contributed by atoms with Crippen LogP contribution in [0.5, 0.6) is 0 Å². The lowest BCUT2D eigenvalue weighted by atomic mass is 9.83. The minimum atomic E-state index is -0.247. The summed E-state index contributed by atoms with van der Waals surface area (Å²) in [6.45, 7) is 0. The number of aliphatic hydroxyl groups is 1. The molecule has 3 aromatic rings. The first-order valence-corrected chi connectivity index (χ1v) is 9.93. The van der Waals surface area contributed by atoms with E-state index in [1.54, 1.807) is 0 Å². The van der Waals surface area contributed by atoms with E-state index in [0.29, 0.717) is 5.92 Å². The Labute approximate surface area is 161 Å². The molecule has 0 aliphatic heterocycles. The second-order valence-electron chi connectivity index (χ2n) is 7.80. The molecule has 0 spiro atoms. The topological polar surface area (TPSA) is 20.2 Å². The van der Waals surface area contributed by atoms with Gasteiger partial charge in [-0.1, -0.05) is 84.9 Å². The first-order chi connectivity index (χ1) is 13.3. The van der Waals surface area contributed by atoms with Gasteiger partial charge in [0.2, 0.25) is 0 Å². The molecule has 5 rings (SSSR count). The third-order valence-electron chi connectivity index (χ3n) is 6.28. The Kier molecular flexibility index (Phi) is 4.18. The number of rotatable bonds is 4. The molecule has 3 aromatic carbocycles. The minimum absolute atomic E-state index is 0.247. The molecule has 0 saturated carbocycles. The quantitative estimate of drug-likeness (QED) is 0.628. The highest BCUT2D eigenvalue weighted by molar-refractivity contribution is 5.91. The number of allylic oxidation sites excluding steroid dienone is 1. The van der Waals surface area contributed by atoms with Crippen molar-refractivity contribution < 1.29 is 5.11 Å². The van der Waals surface area contributed by atoms with Gasteiger partial charge in [0.15, 0.2) is 0 Å². The average molecular weight is 352 g/mol. The molecule has 0 bridgehead atoms. The molecule has 27 heavy (non-hydrogen) atoms. The molecule has 1 heteroatoms. The summed E-state index contributed by atoms with van der Waals surface area (Å²) in [7, 11) is 0. The van der Waals surface area contributed by atoms with E-state index in [0.717, 1.165) is 19.3 Å². The van der Waals surface area contributed by atoms with Crippen LogP contribution in [-0.4, -0.2) is 11.2 Å². The number of aliphatic hydroxyl groups excluding tert-OH is 1. The molecule has 0 fully saturated rings. The van der Waals surface area contributed by atoms with Crippen LogP contribution < -0.4 is 0 Å². The smallest absolute Gasteiger partial charge is 0.0649 e. The first-order valence-electron chi connectivity index (χ1n) is 9.93. The van der Waals surface area contributed by atoms with Crippen molar-refractivity contribution in [3.63, 3.8) is 0 Å². The van der Waals surface area contributed by atoms with Gasteiger partial charge in [-0.05, 0) is 52.7 Å². The predicted octanol–water partition coefficient (Wildman–Crippen LogP) is 5.81. The third-order valence-corrected chi connectivity index (χ3v) is 6.28. The van der Waals surface area contributed by atoms with Crippen molar-refractivity contribution in [1.82, 2.24) is 0 Å². The van der Waals surface area contributed by atoms with Crippen LogP contribution in [0.3, 0.4) is 0 Å². The molecule has 134 valence electrons. The van der Waals surface area contributed by atoms with Gasteiger partial charge in [0.25, 0.3) is 0 Å². The van der Waals surface area contributed by atoms with Gasteiger partial charge in [-0.15, -0.1) is 0 Å². The Morgan fingerprint density at radius 2 is 1.44 bits per heavy atom. The van der Waals surface area contributed by atoms with Crippen molar-refractivity contribution in [3.05, 3.63) is 107 Å². The van der Waals surface area contributed by atoms with Gasteiger partial charge in [-0.25, -0.2) is 0 Å². The molecule has 0 heterocycles. The molecular weight excluding hydrogens is 328 g/mol. The normalized spacial score (nSPS) is 23.0. The first kappa shape index (κ1) is 16.5. The van der Waals surface area contributed by atoms with Gasteiger partial charge in [0.05, 0.1) is 6.10 Å². The number of fused-ring (bicyclic) bond motifs is 2. The molecule has 2 aliphatic rings. The summed E-state index contributed by atoms with van der Waals surface area (Å²) in [5.74, 6) is 0.662. The monoisotopic (exact) mass is 352 g/mol. The molecule has 3 atom stereocenters. The van der Waals surface area contributed by atoms with Gasteiger partial charge in [-0.2, -0.15) is 0 Å².